The summed E-state index contributed by atoms with van der Waals surface area (Å²) in [6.07, 6.45) is 1.06. The first-order valence-corrected chi connectivity index (χ1v) is 9.45. The van der Waals surface area contributed by atoms with Gasteiger partial charge < -0.3 is 19.9 Å². The number of aromatic nitrogens is 2. The van der Waals surface area contributed by atoms with Crippen LogP contribution >= 0.6 is 45.7 Å². The number of benzene rings is 1. The molecule has 6 nitrogen and oxygen atoms in total. The van der Waals surface area contributed by atoms with Crippen LogP contribution in [0.4, 0.5) is 11.6 Å². The van der Waals surface area contributed by atoms with Crippen molar-refractivity contribution in [3.8, 4) is 0 Å². The first-order chi connectivity index (χ1) is 10.9. The summed E-state index contributed by atoms with van der Waals surface area (Å²) in [6, 6.07) is 4.46. The Morgan fingerprint density at radius 2 is 2.09 bits per heavy atom. The van der Waals surface area contributed by atoms with E-state index in [1.165, 1.54) is 11.3 Å². The van der Waals surface area contributed by atoms with Crippen LogP contribution < -0.4 is 12.0 Å². The highest BCUT2D eigenvalue weighted by Gasteiger charge is 2.28. The second-order valence-electron chi connectivity index (χ2n) is 6.09. The highest BCUT2D eigenvalue weighted by atomic mass is 127. The minimum atomic E-state index is 0.116. The van der Waals surface area contributed by atoms with Gasteiger partial charge in [0, 0.05) is 33.3 Å². The number of imidazole rings is 1. The maximum absolute atomic E-state index is 6.19. The largest absolute Gasteiger partial charge is 0.380 e. The monoisotopic (exact) mass is 541 g/mol. The van der Waals surface area contributed by atoms with Crippen LogP contribution in [0.2, 0.25) is 0 Å². The Morgan fingerprint density at radius 1 is 1.35 bits per heavy atom. The lowest BCUT2D eigenvalue weighted by atomic mass is 10.0. The summed E-state index contributed by atoms with van der Waals surface area (Å²) in [5.74, 6) is 0.960. The summed E-state index contributed by atoms with van der Waals surface area (Å²) >= 11 is 4.56. The number of aryl methyl sites for hydroxylation is 2. The molecule has 0 amide bonds. The number of methoxy groups -OCH3 is 1. The molecule has 0 bridgehead atoms. The SMILES string of the molecule is CO[C@@H]1C[C@@H](N)CN(c2nc3cc(N(I)I)c(C)cc3n2C)C1. The maximum atomic E-state index is 6.19. The molecule has 0 radical (unpaired) electrons. The molecule has 1 aromatic heterocycles. The molecule has 0 unspecified atom stereocenters. The lowest BCUT2D eigenvalue weighted by molar-refractivity contribution is 0.0830. The molecule has 1 fully saturated rings. The van der Waals surface area contributed by atoms with Gasteiger partial charge in [-0.15, -0.1) is 0 Å². The number of fused-ring (bicyclic) bond motifs is 1. The van der Waals surface area contributed by atoms with Crippen molar-refractivity contribution in [2.24, 2.45) is 12.8 Å². The van der Waals surface area contributed by atoms with Crippen molar-refractivity contribution in [1.29, 1.82) is 0 Å². The van der Waals surface area contributed by atoms with Crippen LogP contribution in [0.3, 0.4) is 0 Å². The second kappa shape index (κ2) is 6.89. The van der Waals surface area contributed by atoms with E-state index in [0.717, 1.165) is 36.5 Å². The maximum Gasteiger partial charge on any atom is 0.206 e. The number of nitrogens with zero attached hydrogens (tertiary/aromatic N) is 4. The van der Waals surface area contributed by atoms with Crippen LogP contribution in [0.5, 0.6) is 0 Å². The third-order valence-electron chi connectivity index (χ3n) is 4.42. The van der Waals surface area contributed by atoms with Gasteiger partial charge in [0.25, 0.3) is 0 Å². The second-order valence-corrected chi connectivity index (χ2v) is 9.87. The van der Waals surface area contributed by atoms with Crippen molar-refractivity contribution in [3.63, 3.8) is 0 Å². The fourth-order valence-electron chi connectivity index (χ4n) is 3.21. The van der Waals surface area contributed by atoms with Crippen LogP contribution in [0.15, 0.2) is 12.1 Å². The molecule has 126 valence electrons. The molecule has 0 aliphatic carbocycles. The summed E-state index contributed by atoms with van der Waals surface area (Å²) in [5.41, 5.74) is 10.8. The Hall–Kier alpha value is -0.330. The Bertz CT molecular complexity index is 717. The fourth-order valence-corrected chi connectivity index (χ4v) is 4.25. The molecule has 2 heterocycles. The van der Waals surface area contributed by atoms with Gasteiger partial charge in [-0.25, -0.2) is 4.98 Å². The first kappa shape index (κ1) is 17.5. The zero-order valence-electron chi connectivity index (χ0n) is 13.5. The molecule has 0 saturated carbocycles. The molecule has 1 saturated heterocycles. The molecule has 8 heteroatoms. The molecule has 1 aromatic carbocycles. The molecule has 3 rings (SSSR count). The van der Waals surface area contributed by atoms with E-state index in [4.69, 9.17) is 15.5 Å². The summed E-state index contributed by atoms with van der Waals surface area (Å²) in [5, 5.41) is 0. The smallest absolute Gasteiger partial charge is 0.206 e. The highest BCUT2D eigenvalue weighted by molar-refractivity contribution is 14.2. The predicted octanol–water partition coefficient (Wildman–Crippen LogP) is 2.94. The third-order valence-corrected chi connectivity index (χ3v) is 5.46. The predicted molar refractivity (Wildman–Crippen MR) is 112 cm³/mol. The number of piperidine rings is 1. The quantitative estimate of drug-likeness (QED) is 0.479. The Labute approximate surface area is 164 Å². The minimum absolute atomic E-state index is 0.116. The van der Waals surface area contributed by atoms with E-state index in [-0.39, 0.29) is 12.1 Å². The minimum Gasteiger partial charge on any atom is -0.380 e. The van der Waals surface area contributed by atoms with Gasteiger partial charge >= 0.3 is 0 Å². The summed E-state index contributed by atoms with van der Waals surface area (Å²) < 4.78 is 9.75. The first-order valence-electron chi connectivity index (χ1n) is 7.52. The molecule has 2 atom stereocenters. The van der Waals surface area contributed by atoms with Crippen molar-refractivity contribution in [2.75, 3.05) is 26.4 Å². The number of anilines is 2. The average Bonchev–Trinajstić information content (AvgIpc) is 2.82. The van der Waals surface area contributed by atoms with E-state index in [0.29, 0.717) is 0 Å². The van der Waals surface area contributed by atoms with E-state index < -0.39 is 0 Å². The Balaban J connectivity index is 2.03. The van der Waals surface area contributed by atoms with Crippen LogP contribution in [0, 0.1) is 6.92 Å². The van der Waals surface area contributed by atoms with Gasteiger partial charge in [-0.1, -0.05) is 0 Å². The molecule has 23 heavy (non-hydrogen) atoms. The number of halogens is 2. The summed E-state index contributed by atoms with van der Waals surface area (Å²) in [6.45, 7) is 3.77. The van der Waals surface area contributed by atoms with E-state index in [9.17, 15) is 0 Å². The number of hydrogen-bond donors (Lipinski definition) is 1. The van der Waals surface area contributed by atoms with Gasteiger partial charge in [-0.05, 0) is 31.0 Å². The summed E-state index contributed by atoms with van der Waals surface area (Å²) in [4.78, 5) is 7.11. The zero-order chi connectivity index (χ0) is 16.7. The molecule has 1 aliphatic rings. The van der Waals surface area contributed by atoms with Gasteiger partial charge in [-0.2, -0.15) is 0 Å². The number of ether oxygens (including phenoxy) is 1. The van der Waals surface area contributed by atoms with Gasteiger partial charge in [0.1, 0.15) is 0 Å². The zero-order valence-corrected chi connectivity index (χ0v) is 17.8. The van der Waals surface area contributed by atoms with Crippen molar-refractivity contribution >= 4 is 68.4 Å². The molecular formula is C15H21I2N5O. The van der Waals surface area contributed by atoms with E-state index in [2.05, 4.69) is 82.6 Å². The van der Waals surface area contributed by atoms with E-state index in [1.807, 2.05) is 0 Å². The van der Waals surface area contributed by atoms with Crippen LogP contribution in [-0.2, 0) is 11.8 Å². The lowest BCUT2D eigenvalue weighted by Crippen LogP contribution is -2.50. The molecular weight excluding hydrogens is 520 g/mol. The van der Waals surface area contributed by atoms with E-state index >= 15 is 0 Å². The van der Waals surface area contributed by atoms with Crippen LogP contribution in [0.1, 0.15) is 12.0 Å². The summed E-state index contributed by atoms with van der Waals surface area (Å²) in [7, 11) is 3.82. The topological polar surface area (TPSA) is 59.6 Å². The normalized spacial score (nSPS) is 21.9. The van der Waals surface area contributed by atoms with E-state index in [1.54, 1.807) is 7.11 Å². The average molecular weight is 541 g/mol. The molecule has 2 N–H and O–H groups in total. The van der Waals surface area contributed by atoms with Crippen LogP contribution in [-0.4, -0.2) is 41.9 Å². The fraction of sp³-hybridized carbons (Fsp3) is 0.533. The van der Waals surface area contributed by atoms with Gasteiger partial charge in [-0.3, -0.25) is 1.33 Å². The number of rotatable bonds is 3. The Morgan fingerprint density at radius 3 is 2.74 bits per heavy atom. The van der Waals surface area contributed by atoms with Crippen molar-refractivity contribution < 1.29 is 4.74 Å². The van der Waals surface area contributed by atoms with Crippen molar-refractivity contribution in [2.45, 2.75) is 25.5 Å². The molecule has 1 aliphatic heterocycles. The molecule has 2 aromatic rings. The van der Waals surface area contributed by atoms with Crippen LogP contribution in [0.25, 0.3) is 11.0 Å². The third kappa shape index (κ3) is 3.40. The highest BCUT2D eigenvalue weighted by Crippen LogP contribution is 2.33. The number of nitrogens with two attached hydrogens (primary N) is 1. The molecule has 0 spiro atoms. The standard InChI is InChI=1S/C15H21I2N5O/c1-9-4-14-12(6-13(9)22(16)17)19-15(20(14)2)21-7-10(18)5-11(8-21)23-3/h4,6,10-11H,5,7-8,18H2,1-3H3/t10-,11-/m1/s1. The van der Waals surface area contributed by atoms with Crippen molar-refractivity contribution in [3.05, 3.63) is 17.7 Å². The van der Waals surface area contributed by atoms with Gasteiger partial charge in [0.15, 0.2) is 0 Å². The van der Waals surface area contributed by atoms with Gasteiger partial charge in [0.05, 0.1) is 68.6 Å². The Kier molecular flexibility index (Phi) is 5.24. The number of hydrogen-bond acceptors (Lipinski definition) is 5. The van der Waals surface area contributed by atoms with Crippen molar-refractivity contribution in [1.82, 2.24) is 9.55 Å². The van der Waals surface area contributed by atoms with Gasteiger partial charge in [0.2, 0.25) is 5.95 Å². The lowest BCUT2D eigenvalue weighted by Gasteiger charge is -2.36.